The number of hydrogen-bond donors (Lipinski definition) is 2. The molecule has 2 heterocycles. The molecular formula is C14H15N3O. The highest BCUT2D eigenvalue weighted by Gasteiger charge is 2.19. The van der Waals surface area contributed by atoms with Crippen molar-refractivity contribution in [3.63, 3.8) is 0 Å². The van der Waals surface area contributed by atoms with Gasteiger partial charge in [-0.15, -0.1) is 0 Å². The molecule has 4 heteroatoms. The highest BCUT2D eigenvalue weighted by atomic mass is 16.1. The van der Waals surface area contributed by atoms with E-state index in [-0.39, 0.29) is 11.9 Å². The van der Waals surface area contributed by atoms with E-state index >= 15 is 0 Å². The number of carbonyl (C=O) groups excluding carboxylic acids is 1. The first kappa shape index (κ1) is 11.2. The molecule has 4 nitrogen and oxygen atoms in total. The van der Waals surface area contributed by atoms with Crippen molar-refractivity contribution < 1.29 is 4.79 Å². The Hall–Kier alpha value is -1.94. The smallest absolute Gasteiger partial charge is 0.222 e. The monoisotopic (exact) mass is 241 g/mol. The van der Waals surface area contributed by atoms with Crippen LogP contribution in [0.15, 0.2) is 36.4 Å². The summed E-state index contributed by atoms with van der Waals surface area (Å²) in [6.45, 7) is 1.47. The zero-order chi connectivity index (χ0) is 12.4. The first-order chi connectivity index (χ1) is 8.83. The first-order valence-electron chi connectivity index (χ1n) is 6.19. The largest absolute Gasteiger partial charge is 0.355 e. The molecule has 1 aromatic heterocycles. The van der Waals surface area contributed by atoms with Gasteiger partial charge in [-0.3, -0.25) is 9.78 Å². The minimum absolute atomic E-state index is 0.0112. The van der Waals surface area contributed by atoms with E-state index in [1.165, 1.54) is 0 Å². The number of carbonyl (C=O) groups is 1. The number of nitrogens with zero attached hydrogens (tertiary/aromatic N) is 1. The van der Waals surface area contributed by atoms with Gasteiger partial charge in [0, 0.05) is 24.9 Å². The summed E-state index contributed by atoms with van der Waals surface area (Å²) < 4.78 is 0. The van der Waals surface area contributed by atoms with Gasteiger partial charge in [0.25, 0.3) is 0 Å². The Kier molecular flexibility index (Phi) is 2.94. The molecule has 1 atom stereocenters. The SMILES string of the molecule is O=C1CC(c2ccc3ccccc3n2)NCCN1. The Morgan fingerprint density at radius 3 is 2.94 bits per heavy atom. The second-order valence-corrected chi connectivity index (χ2v) is 4.49. The summed E-state index contributed by atoms with van der Waals surface area (Å²) in [5.41, 5.74) is 1.91. The predicted molar refractivity (Wildman–Crippen MR) is 70.1 cm³/mol. The molecule has 0 aliphatic carbocycles. The molecule has 3 rings (SSSR count). The quantitative estimate of drug-likeness (QED) is 0.793. The molecule has 1 aromatic carbocycles. The molecule has 0 saturated carbocycles. The van der Waals surface area contributed by atoms with Gasteiger partial charge in [-0.1, -0.05) is 24.3 Å². The molecule has 1 aliphatic heterocycles. The van der Waals surface area contributed by atoms with Crippen LogP contribution in [0.1, 0.15) is 18.2 Å². The van der Waals surface area contributed by atoms with Crippen molar-refractivity contribution in [2.45, 2.75) is 12.5 Å². The van der Waals surface area contributed by atoms with Gasteiger partial charge in [0.15, 0.2) is 0 Å². The van der Waals surface area contributed by atoms with Crippen molar-refractivity contribution in [3.8, 4) is 0 Å². The Morgan fingerprint density at radius 1 is 1.11 bits per heavy atom. The molecule has 1 unspecified atom stereocenters. The maximum absolute atomic E-state index is 11.6. The number of aromatic nitrogens is 1. The van der Waals surface area contributed by atoms with Gasteiger partial charge in [0.1, 0.15) is 0 Å². The second kappa shape index (κ2) is 4.74. The first-order valence-corrected chi connectivity index (χ1v) is 6.19. The van der Waals surface area contributed by atoms with Gasteiger partial charge in [-0.2, -0.15) is 0 Å². The van der Waals surface area contributed by atoms with E-state index in [1.807, 2.05) is 30.3 Å². The zero-order valence-corrected chi connectivity index (χ0v) is 10.0. The summed E-state index contributed by atoms with van der Waals surface area (Å²) in [7, 11) is 0. The van der Waals surface area contributed by atoms with Gasteiger partial charge < -0.3 is 10.6 Å². The summed E-state index contributed by atoms with van der Waals surface area (Å²) >= 11 is 0. The molecule has 1 fully saturated rings. The fraction of sp³-hybridized carbons (Fsp3) is 0.286. The Labute approximate surface area is 105 Å². The Morgan fingerprint density at radius 2 is 2.00 bits per heavy atom. The molecule has 1 aliphatic rings. The number of rotatable bonds is 1. The van der Waals surface area contributed by atoms with Crippen molar-refractivity contribution in [2.24, 2.45) is 0 Å². The van der Waals surface area contributed by atoms with E-state index in [0.717, 1.165) is 23.1 Å². The second-order valence-electron chi connectivity index (χ2n) is 4.49. The number of amides is 1. The van der Waals surface area contributed by atoms with E-state index < -0.39 is 0 Å². The van der Waals surface area contributed by atoms with Crippen LogP contribution in [-0.2, 0) is 4.79 Å². The van der Waals surface area contributed by atoms with Gasteiger partial charge >= 0.3 is 0 Å². The van der Waals surface area contributed by atoms with E-state index in [1.54, 1.807) is 0 Å². The van der Waals surface area contributed by atoms with Gasteiger partial charge in [0.05, 0.1) is 17.3 Å². The molecule has 0 spiro atoms. The predicted octanol–water partition coefficient (Wildman–Crippen LogP) is 1.39. The minimum atomic E-state index is 0.0112. The lowest BCUT2D eigenvalue weighted by Gasteiger charge is -2.14. The van der Waals surface area contributed by atoms with Crippen molar-refractivity contribution in [2.75, 3.05) is 13.1 Å². The molecule has 1 saturated heterocycles. The lowest BCUT2D eigenvalue weighted by atomic mass is 10.1. The van der Waals surface area contributed by atoms with Crippen LogP contribution < -0.4 is 10.6 Å². The maximum atomic E-state index is 11.6. The third-order valence-corrected chi connectivity index (χ3v) is 3.20. The van der Waals surface area contributed by atoms with E-state index in [4.69, 9.17) is 0 Å². The summed E-state index contributed by atoms with van der Waals surface area (Å²) in [6.07, 6.45) is 0.450. The highest BCUT2D eigenvalue weighted by molar-refractivity contribution is 5.79. The number of benzene rings is 1. The number of hydrogen-bond acceptors (Lipinski definition) is 3. The standard InChI is InChI=1S/C14H15N3O/c18-14-9-13(15-7-8-16-14)12-6-5-10-3-1-2-4-11(10)17-12/h1-6,13,15H,7-9H2,(H,16,18). The Bertz CT molecular complexity index is 582. The molecule has 1 amide bonds. The molecule has 18 heavy (non-hydrogen) atoms. The molecule has 2 N–H and O–H groups in total. The molecule has 2 aromatic rings. The number of fused-ring (bicyclic) bond motifs is 1. The van der Waals surface area contributed by atoms with E-state index in [9.17, 15) is 4.79 Å². The van der Waals surface area contributed by atoms with Crippen molar-refractivity contribution in [1.82, 2.24) is 15.6 Å². The molecule has 0 radical (unpaired) electrons. The van der Waals surface area contributed by atoms with Gasteiger partial charge in [-0.05, 0) is 12.1 Å². The van der Waals surface area contributed by atoms with Crippen LogP contribution in [0.5, 0.6) is 0 Å². The van der Waals surface area contributed by atoms with Crippen LogP contribution in [0.4, 0.5) is 0 Å². The van der Waals surface area contributed by atoms with Crippen LogP contribution in [0, 0.1) is 0 Å². The van der Waals surface area contributed by atoms with E-state index in [2.05, 4.69) is 21.7 Å². The summed E-state index contributed by atoms with van der Waals surface area (Å²) in [6, 6.07) is 12.1. The molecule has 92 valence electrons. The van der Waals surface area contributed by atoms with Crippen LogP contribution >= 0.6 is 0 Å². The summed E-state index contributed by atoms with van der Waals surface area (Å²) in [4.78, 5) is 16.2. The molecule has 0 bridgehead atoms. The van der Waals surface area contributed by atoms with Gasteiger partial charge in [0.2, 0.25) is 5.91 Å². The average Bonchev–Trinajstić information content (AvgIpc) is 2.63. The molecular weight excluding hydrogens is 226 g/mol. The highest BCUT2D eigenvalue weighted by Crippen LogP contribution is 2.19. The number of para-hydroxylation sites is 1. The third kappa shape index (κ3) is 2.19. The van der Waals surface area contributed by atoms with Crippen molar-refractivity contribution >= 4 is 16.8 Å². The topological polar surface area (TPSA) is 54.0 Å². The fourth-order valence-electron chi connectivity index (χ4n) is 2.26. The van der Waals surface area contributed by atoms with Gasteiger partial charge in [-0.25, -0.2) is 0 Å². The maximum Gasteiger partial charge on any atom is 0.222 e. The lowest BCUT2D eigenvalue weighted by Crippen LogP contribution is -2.24. The normalized spacial score (nSPS) is 20.4. The lowest BCUT2D eigenvalue weighted by molar-refractivity contribution is -0.121. The third-order valence-electron chi connectivity index (χ3n) is 3.20. The summed E-state index contributed by atoms with van der Waals surface area (Å²) in [5, 5.41) is 7.32. The fourth-order valence-corrected chi connectivity index (χ4v) is 2.26. The van der Waals surface area contributed by atoms with Crippen LogP contribution in [-0.4, -0.2) is 24.0 Å². The summed E-state index contributed by atoms with van der Waals surface area (Å²) in [5.74, 6) is 0.0833. The minimum Gasteiger partial charge on any atom is -0.355 e. The van der Waals surface area contributed by atoms with E-state index in [0.29, 0.717) is 13.0 Å². The van der Waals surface area contributed by atoms with Crippen molar-refractivity contribution in [3.05, 3.63) is 42.1 Å². The zero-order valence-electron chi connectivity index (χ0n) is 10.0. The Balaban J connectivity index is 1.95. The van der Waals surface area contributed by atoms with Crippen molar-refractivity contribution in [1.29, 1.82) is 0 Å². The number of nitrogens with one attached hydrogen (secondary N) is 2. The van der Waals surface area contributed by atoms with Crippen LogP contribution in [0.2, 0.25) is 0 Å². The van der Waals surface area contributed by atoms with Crippen LogP contribution in [0.3, 0.4) is 0 Å². The van der Waals surface area contributed by atoms with Crippen LogP contribution in [0.25, 0.3) is 10.9 Å². The average molecular weight is 241 g/mol. The number of pyridine rings is 1.